The third-order valence-electron chi connectivity index (χ3n) is 4.23. The van der Waals surface area contributed by atoms with E-state index in [2.05, 4.69) is 10.3 Å². The van der Waals surface area contributed by atoms with E-state index in [1.54, 1.807) is 17.4 Å². The van der Waals surface area contributed by atoms with Crippen LogP contribution < -0.4 is 14.8 Å². The minimum atomic E-state index is -0.690. The summed E-state index contributed by atoms with van der Waals surface area (Å²) >= 11 is 3.08. The minimum Gasteiger partial charge on any atom is -0.485 e. The van der Waals surface area contributed by atoms with Crippen LogP contribution in [0.25, 0.3) is 20.8 Å². The van der Waals surface area contributed by atoms with Crippen LogP contribution >= 0.6 is 22.7 Å². The number of para-hydroxylation sites is 3. The first-order valence-electron chi connectivity index (χ1n) is 8.41. The summed E-state index contributed by atoms with van der Waals surface area (Å²) in [6, 6.07) is 17.3. The molecule has 5 nitrogen and oxygen atoms in total. The molecule has 1 aliphatic rings. The Labute approximate surface area is 163 Å². The summed E-state index contributed by atoms with van der Waals surface area (Å²) in [6.45, 7) is 0.185. The zero-order chi connectivity index (χ0) is 18.2. The number of hydrogen-bond acceptors (Lipinski definition) is 6. The van der Waals surface area contributed by atoms with Gasteiger partial charge in [-0.2, -0.15) is 0 Å². The van der Waals surface area contributed by atoms with E-state index in [1.165, 1.54) is 11.3 Å². The Balaban J connectivity index is 1.38. The van der Waals surface area contributed by atoms with Crippen molar-refractivity contribution in [1.82, 2.24) is 4.98 Å². The molecule has 1 aliphatic heterocycles. The molecule has 1 unspecified atom stereocenters. The topological polar surface area (TPSA) is 60.5 Å². The number of carbonyl (C=O) groups excluding carboxylic acids is 1. The number of anilines is 1. The lowest BCUT2D eigenvalue weighted by atomic mass is 10.2. The Morgan fingerprint density at radius 3 is 2.78 bits per heavy atom. The van der Waals surface area contributed by atoms with E-state index in [0.717, 1.165) is 25.8 Å². The van der Waals surface area contributed by atoms with E-state index in [-0.39, 0.29) is 12.5 Å². The van der Waals surface area contributed by atoms with Crippen LogP contribution in [0.5, 0.6) is 11.5 Å². The molecule has 27 heavy (non-hydrogen) atoms. The van der Waals surface area contributed by atoms with Gasteiger partial charge in [-0.3, -0.25) is 4.79 Å². The molecule has 0 saturated heterocycles. The molecule has 4 aromatic rings. The zero-order valence-corrected chi connectivity index (χ0v) is 15.7. The highest BCUT2D eigenvalue weighted by molar-refractivity contribution is 7.22. The smallest absolute Gasteiger partial charge is 0.269 e. The van der Waals surface area contributed by atoms with Gasteiger partial charge in [-0.25, -0.2) is 4.98 Å². The number of nitrogens with zero attached hydrogens (tertiary/aromatic N) is 1. The Bertz CT molecular complexity index is 1100. The number of hydrogen-bond donors (Lipinski definition) is 1. The van der Waals surface area contributed by atoms with E-state index in [9.17, 15) is 4.79 Å². The maximum absolute atomic E-state index is 12.7. The van der Waals surface area contributed by atoms with Crippen LogP contribution in [0.15, 0.2) is 60.0 Å². The van der Waals surface area contributed by atoms with E-state index < -0.39 is 6.10 Å². The lowest BCUT2D eigenvalue weighted by molar-refractivity contribution is -0.125. The van der Waals surface area contributed by atoms with Crippen molar-refractivity contribution >= 4 is 43.8 Å². The molecule has 1 amide bonds. The van der Waals surface area contributed by atoms with Crippen LogP contribution in [0.1, 0.15) is 0 Å². The number of carbonyl (C=O) groups is 1. The van der Waals surface area contributed by atoms with Crippen molar-refractivity contribution < 1.29 is 14.3 Å². The van der Waals surface area contributed by atoms with Gasteiger partial charge in [0.05, 0.1) is 10.2 Å². The zero-order valence-electron chi connectivity index (χ0n) is 14.0. The van der Waals surface area contributed by atoms with Crippen molar-refractivity contribution in [2.75, 3.05) is 11.9 Å². The second-order valence-corrected chi connectivity index (χ2v) is 7.95. The maximum atomic E-state index is 12.7. The molecule has 2 aromatic heterocycles. The van der Waals surface area contributed by atoms with Crippen LogP contribution in [0.3, 0.4) is 0 Å². The summed E-state index contributed by atoms with van der Waals surface area (Å²) in [7, 11) is 0. The molecule has 134 valence electrons. The summed E-state index contributed by atoms with van der Waals surface area (Å²) in [4.78, 5) is 17.4. The second kappa shape index (κ2) is 6.68. The van der Waals surface area contributed by atoms with Gasteiger partial charge in [-0.1, -0.05) is 24.3 Å². The molecule has 3 heterocycles. The fourth-order valence-corrected chi connectivity index (χ4v) is 4.76. The van der Waals surface area contributed by atoms with Crippen molar-refractivity contribution in [3.63, 3.8) is 0 Å². The number of fused-ring (bicyclic) bond motifs is 2. The number of ether oxygens (including phenoxy) is 2. The molecule has 0 saturated carbocycles. The summed E-state index contributed by atoms with van der Waals surface area (Å²) in [5, 5.41) is 6.58. The summed E-state index contributed by atoms with van der Waals surface area (Å²) in [6.07, 6.45) is -0.690. The summed E-state index contributed by atoms with van der Waals surface area (Å²) in [5.74, 6) is 1.02. The number of aromatic nitrogens is 1. The Hall–Kier alpha value is -2.90. The van der Waals surface area contributed by atoms with E-state index >= 15 is 0 Å². The molecule has 0 spiro atoms. The van der Waals surface area contributed by atoms with Gasteiger partial charge in [0.15, 0.2) is 11.5 Å². The Kier molecular flexibility index (Phi) is 4.03. The van der Waals surface area contributed by atoms with Crippen molar-refractivity contribution in [1.29, 1.82) is 0 Å². The average Bonchev–Trinajstić information content (AvgIpc) is 3.33. The molecule has 0 bridgehead atoms. The van der Waals surface area contributed by atoms with Crippen molar-refractivity contribution in [2.24, 2.45) is 0 Å². The molecule has 0 fully saturated rings. The van der Waals surface area contributed by atoms with Gasteiger partial charge in [0.1, 0.15) is 16.6 Å². The van der Waals surface area contributed by atoms with Crippen molar-refractivity contribution in [3.8, 4) is 22.1 Å². The molecule has 0 aliphatic carbocycles. The highest BCUT2D eigenvalue weighted by atomic mass is 32.1. The number of benzene rings is 2. The normalized spacial score (nSPS) is 15.6. The van der Waals surface area contributed by atoms with Crippen molar-refractivity contribution in [2.45, 2.75) is 6.10 Å². The average molecular weight is 394 g/mol. The number of nitrogens with one attached hydrogen (secondary N) is 1. The summed E-state index contributed by atoms with van der Waals surface area (Å²) in [5.41, 5.74) is 1.88. The molecule has 7 heteroatoms. The SMILES string of the molecule is O=C(Nc1sccc1-c1nc2ccccc2s1)C1COc2ccccc2O1. The Morgan fingerprint density at radius 2 is 1.89 bits per heavy atom. The molecule has 1 N–H and O–H groups in total. The van der Waals surface area contributed by atoms with Gasteiger partial charge in [-0.05, 0) is 35.7 Å². The van der Waals surface area contributed by atoms with Gasteiger partial charge >= 0.3 is 0 Å². The third-order valence-corrected chi connectivity index (χ3v) is 6.13. The number of amides is 1. The minimum absolute atomic E-state index is 0.185. The first kappa shape index (κ1) is 16.3. The Morgan fingerprint density at radius 1 is 1.07 bits per heavy atom. The number of rotatable bonds is 3. The fourth-order valence-electron chi connectivity index (χ4n) is 2.90. The number of thiophene rings is 1. The monoisotopic (exact) mass is 394 g/mol. The van der Waals surface area contributed by atoms with Crippen LogP contribution in [0.2, 0.25) is 0 Å². The van der Waals surface area contributed by atoms with E-state index in [1.807, 2.05) is 53.9 Å². The predicted molar refractivity (Wildman–Crippen MR) is 108 cm³/mol. The first-order chi connectivity index (χ1) is 13.3. The van der Waals surface area contributed by atoms with Gasteiger partial charge < -0.3 is 14.8 Å². The standard InChI is InChI=1S/C20H14N2O3S2/c23-18(16-11-24-14-6-2-3-7-15(14)25-16)22-19-12(9-10-26-19)20-21-13-5-1-4-8-17(13)27-20/h1-10,16H,11H2,(H,22,23). The number of thiazole rings is 1. The third kappa shape index (κ3) is 3.05. The highest BCUT2D eigenvalue weighted by Crippen LogP contribution is 2.38. The second-order valence-electron chi connectivity index (χ2n) is 6.00. The van der Waals surface area contributed by atoms with E-state index in [0.29, 0.717) is 11.5 Å². The van der Waals surface area contributed by atoms with Gasteiger partial charge in [0.25, 0.3) is 5.91 Å². The van der Waals surface area contributed by atoms with E-state index in [4.69, 9.17) is 9.47 Å². The lowest BCUT2D eigenvalue weighted by Gasteiger charge is -2.25. The lowest BCUT2D eigenvalue weighted by Crippen LogP contribution is -2.40. The molecule has 0 radical (unpaired) electrons. The molecule has 5 rings (SSSR count). The predicted octanol–water partition coefficient (Wildman–Crippen LogP) is 4.80. The quantitative estimate of drug-likeness (QED) is 0.542. The maximum Gasteiger partial charge on any atom is 0.269 e. The van der Waals surface area contributed by atoms with Crippen LogP contribution in [0, 0.1) is 0 Å². The molecule has 1 atom stereocenters. The van der Waals surface area contributed by atoms with Gasteiger partial charge in [0.2, 0.25) is 6.10 Å². The highest BCUT2D eigenvalue weighted by Gasteiger charge is 2.28. The fraction of sp³-hybridized carbons (Fsp3) is 0.100. The van der Waals surface area contributed by atoms with Gasteiger partial charge in [-0.15, -0.1) is 22.7 Å². The summed E-state index contributed by atoms with van der Waals surface area (Å²) < 4.78 is 12.6. The molecule has 2 aromatic carbocycles. The largest absolute Gasteiger partial charge is 0.485 e. The van der Waals surface area contributed by atoms with Crippen molar-refractivity contribution in [3.05, 3.63) is 60.0 Å². The van der Waals surface area contributed by atoms with Crippen LogP contribution in [-0.4, -0.2) is 23.6 Å². The van der Waals surface area contributed by atoms with Gasteiger partial charge in [0, 0.05) is 5.56 Å². The molecular formula is C20H14N2O3S2. The van der Waals surface area contributed by atoms with Crippen LogP contribution in [0.4, 0.5) is 5.00 Å². The van der Waals surface area contributed by atoms with Crippen LogP contribution in [-0.2, 0) is 4.79 Å². The molecular weight excluding hydrogens is 380 g/mol. The first-order valence-corrected chi connectivity index (χ1v) is 10.1.